The van der Waals surface area contributed by atoms with Crippen LogP contribution in [0.3, 0.4) is 0 Å². The van der Waals surface area contributed by atoms with Gasteiger partial charge in [0.15, 0.2) is 0 Å². The molecule has 0 saturated carbocycles. The number of aliphatic hydroxyl groups is 1. The van der Waals surface area contributed by atoms with Crippen molar-refractivity contribution in [2.45, 2.75) is 32.7 Å². The summed E-state index contributed by atoms with van der Waals surface area (Å²) in [6.45, 7) is 4.45. The SMILES string of the molecule is CCC(CC)N(CCO)c1ccc(C(=N)N)cc1F. The number of nitrogens with zero attached hydrogens (tertiary/aromatic N) is 1. The molecule has 1 rings (SSSR count). The molecule has 1 aromatic rings. The van der Waals surface area contributed by atoms with E-state index in [1.165, 1.54) is 6.07 Å². The van der Waals surface area contributed by atoms with Gasteiger partial charge in [0.25, 0.3) is 0 Å². The molecule has 0 saturated heterocycles. The summed E-state index contributed by atoms with van der Waals surface area (Å²) in [4.78, 5) is 1.87. The van der Waals surface area contributed by atoms with Gasteiger partial charge in [-0.2, -0.15) is 0 Å². The second-order valence-corrected chi connectivity index (χ2v) is 4.47. The average molecular weight is 267 g/mol. The number of benzene rings is 1. The van der Waals surface area contributed by atoms with Crippen LogP contribution in [0.15, 0.2) is 18.2 Å². The highest BCUT2D eigenvalue weighted by Crippen LogP contribution is 2.24. The Morgan fingerprint density at radius 2 is 2.05 bits per heavy atom. The van der Waals surface area contributed by atoms with Gasteiger partial charge in [0.2, 0.25) is 0 Å². The Hall–Kier alpha value is -1.62. The highest BCUT2D eigenvalue weighted by atomic mass is 19.1. The molecule has 5 heteroatoms. The maximum absolute atomic E-state index is 14.1. The summed E-state index contributed by atoms with van der Waals surface area (Å²) in [6, 6.07) is 4.71. The molecule has 0 bridgehead atoms. The van der Waals surface area contributed by atoms with Crippen molar-refractivity contribution < 1.29 is 9.50 Å². The van der Waals surface area contributed by atoms with E-state index in [0.717, 1.165) is 12.8 Å². The topological polar surface area (TPSA) is 73.3 Å². The molecule has 4 N–H and O–H groups in total. The third kappa shape index (κ3) is 3.67. The van der Waals surface area contributed by atoms with E-state index in [2.05, 4.69) is 0 Å². The molecule has 0 amide bonds. The minimum absolute atomic E-state index is 0.0234. The van der Waals surface area contributed by atoms with Crippen LogP contribution in [0.5, 0.6) is 0 Å². The van der Waals surface area contributed by atoms with Gasteiger partial charge in [0.1, 0.15) is 11.7 Å². The molecule has 106 valence electrons. The summed E-state index contributed by atoms with van der Waals surface area (Å²) in [5.74, 6) is -0.560. The Bertz CT molecular complexity index is 433. The summed E-state index contributed by atoms with van der Waals surface area (Å²) in [6.07, 6.45) is 1.76. The van der Waals surface area contributed by atoms with Crippen molar-refractivity contribution in [3.05, 3.63) is 29.6 Å². The normalized spacial score (nSPS) is 10.8. The summed E-state index contributed by atoms with van der Waals surface area (Å²) < 4.78 is 14.1. The van der Waals surface area contributed by atoms with Crippen LogP contribution in [0.4, 0.5) is 10.1 Å². The molecule has 0 aliphatic heterocycles. The lowest BCUT2D eigenvalue weighted by Gasteiger charge is -2.32. The molecule has 19 heavy (non-hydrogen) atoms. The van der Waals surface area contributed by atoms with Gasteiger partial charge < -0.3 is 15.7 Å². The number of nitrogens with one attached hydrogen (secondary N) is 1. The van der Waals surface area contributed by atoms with Gasteiger partial charge in [-0.05, 0) is 31.0 Å². The standard InChI is InChI=1S/C14H22FN3O/c1-3-11(4-2)18(7-8-19)13-6-5-10(14(16)17)9-12(13)15/h5-6,9,11,19H,3-4,7-8H2,1-2H3,(H3,16,17). The van der Waals surface area contributed by atoms with Crippen LogP contribution in [0.1, 0.15) is 32.3 Å². The van der Waals surface area contributed by atoms with Crippen LogP contribution in [0.2, 0.25) is 0 Å². The van der Waals surface area contributed by atoms with Crippen LogP contribution >= 0.6 is 0 Å². The number of halogens is 1. The van der Waals surface area contributed by atoms with Crippen molar-refractivity contribution >= 4 is 11.5 Å². The Morgan fingerprint density at radius 3 is 2.47 bits per heavy atom. The molecule has 1 aromatic carbocycles. The van der Waals surface area contributed by atoms with Crippen molar-refractivity contribution in [3.63, 3.8) is 0 Å². The van der Waals surface area contributed by atoms with Gasteiger partial charge in [-0.15, -0.1) is 0 Å². The van der Waals surface area contributed by atoms with Crippen molar-refractivity contribution in [1.29, 1.82) is 5.41 Å². The molecule has 0 atom stereocenters. The molecule has 0 aliphatic carbocycles. The monoisotopic (exact) mass is 267 g/mol. The minimum Gasteiger partial charge on any atom is -0.395 e. The second-order valence-electron chi connectivity index (χ2n) is 4.47. The third-order valence-electron chi connectivity index (χ3n) is 3.29. The van der Waals surface area contributed by atoms with Crippen molar-refractivity contribution in [3.8, 4) is 0 Å². The maximum atomic E-state index is 14.1. The number of hydrogen-bond donors (Lipinski definition) is 3. The van der Waals surface area contributed by atoms with E-state index in [1.807, 2.05) is 18.7 Å². The Kier molecular flexibility index (Phi) is 5.76. The number of aliphatic hydroxyl groups excluding tert-OH is 1. The lowest BCUT2D eigenvalue weighted by Crippen LogP contribution is -2.37. The minimum atomic E-state index is -0.409. The zero-order valence-electron chi connectivity index (χ0n) is 11.5. The lowest BCUT2D eigenvalue weighted by molar-refractivity contribution is 0.295. The van der Waals surface area contributed by atoms with E-state index in [-0.39, 0.29) is 18.5 Å². The molecular weight excluding hydrogens is 245 g/mol. The van der Waals surface area contributed by atoms with Crippen LogP contribution in [0, 0.1) is 11.2 Å². The molecule has 0 unspecified atom stereocenters. The predicted molar refractivity (Wildman–Crippen MR) is 76.2 cm³/mol. The summed E-state index contributed by atoms with van der Waals surface area (Å²) in [5.41, 5.74) is 6.16. The lowest BCUT2D eigenvalue weighted by atomic mass is 10.1. The van der Waals surface area contributed by atoms with Gasteiger partial charge in [-0.1, -0.05) is 13.8 Å². The fraction of sp³-hybridized carbons (Fsp3) is 0.500. The zero-order valence-corrected chi connectivity index (χ0v) is 11.5. The van der Waals surface area contributed by atoms with Crippen LogP contribution in [0.25, 0.3) is 0 Å². The Morgan fingerprint density at radius 1 is 1.42 bits per heavy atom. The highest BCUT2D eigenvalue weighted by Gasteiger charge is 2.19. The molecule has 0 heterocycles. The van der Waals surface area contributed by atoms with Crippen molar-refractivity contribution in [2.24, 2.45) is 5.73 Å². The first-order valence-electron chi connectivity index (χ1n) is 6.56. The summed E-state index contributed by atoms with van der Waals surface area (Å²) >= 11 is 0. The third-order valence-corrected chi connectivity index (χ3v) is 3.29. The first-order valence-corrected chi connectivity index (χ1v) is 6.56. The molecule has 0 spiro atoms. The predicted octanol–water partition coefficient (Wildman–Crippen LogP) is 2.10. The number of rotatable bonds is 7. The summed E-state index contributed by atoms with van der Waals surface area (Å²) in [5, 5.41) is 16.5. The number of anilines is 1. The van der Waals surface area contributed by atoms with Gasteiger partial charge in [-0.25, -0.2) is 4.39 Å². The molecule has 0 aliphatic rings. The maximum Gasteiger partial charge on any atom is 0.147 e. The first-order chi connectivity index (χ1) is 9.04. The van der Waals surface area contributed by atoms with Gasteiger partial charge in [-0.3, -0.25) is 5.41 Å². The highest BCUT2D eigenvalue weighted by molar-refractivity contribution is 5.95. The largest absolute Gasteiger partial charge is 0.395 e. The smallest absolute Gasteiger partial charge is 0.147 e. The molecule has 0 aromatic heterocycles. The molecular formula is C14H22FN3O. The quantitative estimate of drug-likeness (QED) is 0.523. The van der Waals surface area contributed by atoms with E-state index in [4.69, 9.17) is 16.2 Å². The first kappa shape index (κ1) is 15.4. The fourth-order valence-corrected chi connectivity index (χ4v) is 2.24. The average Bonchev–Trinajstić information content (AvgIpc) is 2.39. The van der Waals surface area contributed by atoms with E-state index < -0.39 is 5.82 Å². The Labute approximate surface area is 113 Å². The van der Waals surface area contributed by atoms with Crippen molar-refractivity contribution in [2.75, 3.05) is 18.1 Å². The van der Waals surface area contributed by atoms with E-state index in [1.54, 1.807) is 12.1 Å². The van der Waals surface area contributed by atoms with E-state index in [9.17, 15) is 4.39 Å². The van der Waals surface area contributed by atoms with E-state index >= 15 is 0 Å². The second kappa shape index (κ2) is 7.09. The number of amidine groups is 1. The Balaban J connectivity index is 3.12. The number of nitrogens with two attached hydrogens (primary N) is 1. The van der Waals surface area contributed by atoms with Crippen molar-refractivity contribution in [1.82, 2.24) is 0 Å². The van der Waals surface area contributed by atoms with Gasteiger partial charge >= 0.3 is 0 Å². The van der Waals surface area contributed by atoms with Gasteiger partial charge in [0, 0.05) is 18.2 Å². The number of nitrogen functional groups attached to an aromatic ring is 1. The summed E-state index contributed by atoms with van der Waals surface area (Å²) in [7, 11) is 0. The van der Waals surface area contributed by atoms with Gasteiger partial charge in [0.05, 0.1) is 12.3 Å². The molecule has 0 fully saturated rings. The van der Waals surface area contributed by atoms with Crippen LogP contribution < -0.4 is 10.6 Å². The molecule has 0 radical (unpaired) electrons. The van der Waals surface area contributed by atoms with Crippen LogP contribution in [-0.4, -0.2) is 30.1 Å². The fourth-order valence-electron chi connectivity index (χ4n) is 2.24. The van der Waals surface area contributed by atoms with Crippen LogP contribution in [-0.2, 0) is 0 Å². The number of hydrogen-bond acceptors (Lipinski definition) is 3. The molecule has 4 nitrogen and oxygen atoms in total. The van der Waals surface area contributed by atoms with E-state index in [0.29, 0.717) is 17.8 Å². The zero-order chi connectivity index (χ0) is 14.4.